The number of hydrogen-bond donors (Lipinski definition) is 2. The number of ether oxygens (including phenoxy) is 1. The molecule has 110 valence electrons. The fourth-order valence-electron chi connectivity index (χ4n) is 2.48. The number of rotatable bonds is 7. The molecule has 0 radical (unpaired) electrons. The summed E-state index contributed by atoms with van der Waals surface area (Å²) >= 11 is 0. The molecule has 1 aliphatic rings. The number of amides is 1. The van der Waals surface area contributed by atoms with Gasteiger partial charge in [-0.15, -0.1) is 0 Å². The van der Waals surface area contributed by atoms with E-state index in [1.165, 1.54) is 0 Å². The van der Waals surface area contributed by atoms with Gasteiger partial charge in [-0.3, -0.25) is 9.59 Å². The number of nitrogens with one attached hydrogen (secondary N) is 1. The normalized spacial score (nSPS) is 19.7. The van der Waals surface area contributed by atoms with Gasteiger partial charge in [-0.25, -0.2) is 0 Å². The first-order valence-electron chi connectivity index (χ1n) is 7.14. The number of carbonyl (C=O) groups is 2. The van der Waals surface area contributed by atoms with Gasteiger partial charge in [0.05, 0.1) is 5.92 Å². The molecule has 0 bridgehead atoms. The third-order valence-corrected chi connectivity index (χ3v) is 3.90. The zero-order chi connectivity index (χ0) is 14.3. The molecule has 2 N–H and O–H groups in total. The molecule has 1 rings (SSSR count). The molecule has 1 heterocycles. The molecule has 2 atom stereocenters. The minimum atomic E-state index is -0.833. The van der Waals surface area contributed by atoms with Crippen molar-refractivity contribution in [2.24, 2.45) is 17.8 Å². The fourth-order valence-corrected chi connectivity index (χ4v) is 2.48. The van der Waals surface area contributed by atoms with Crippen molar-refractivity contribution in [2.45, 2.75) is 39.5 Å². The lowest BCUT2D eigenvalue weighted by Crippen LogP contribution is -2.39. The zero-order valence-electron chi connectivity index (χ0n) is 11.9. The predicted molar refractivity (Wildman–Crippen MR) is 71.8 cm³/mol. The summed E-state index contributed by atoms with van der Waals surface area (Å²) in [5.41, 5.74) is 0. The van der Waals surface area contributed by atoms with E-state index >= 15 is 0 Å². The number of carbonyl (C=O) groups excluding carboxylic acids is 1. The van der Waals surface area contributed by atoms with E-state index < -0.39 is 11.9 Å². The van der Waals surface area contributed by atoms with Crippen LogP contribution in [0.25, 0.3) is 0 Å². The molecular formula is C14H25NO4. The maximum absolute atomic E-state index is 12.0. The Morgan fingerprint density at radius 1 is 1.37 bits per heavy atom. The van der Waals surface area contributed by atoms with Crippen LogP contribution in [0.3, 0.4) is 0 Å². The predicted octanol–water partition coefficient (Wildman–Crippen LogP) is 1.67. The van der Waals surface area contributed by atoms with Crippen molar-refractivity contribution in [3.63, 3.8) is 0 Å². The van der Waals surface area contributed by atoms with E-state index in [9.17, 15) is 9.59 Å². The topological polar surface area (TPSA) is 75.6 Å². The first kappa shape index (κ1) is 16.0. The number of carboxylic acid groups (broad SMARTS) is 1. The Morgan fingerprint density at radius 2 is 2.00 bits per heavy atom. The van der Waals surface area contributed by atoms with Crippen LogP contribution in [0, 0.1) is 17.8 Å². The zero-order valence-corrected chi connectivity index (χ0v) is 11.9. The Labute approximate surface area is 114 Å². The lowest BCUT2D eigenvalue weighted by Gasteiger charge is -2.27. The Hall–Kier alpha value is -1.10. The number of carboxylic acids is 1. The standard InChI is InChI=1S/C14H25NO4/c1-3-4-12(14(17)18)9-15-13(16)10(2)11-5-7-19-8-6-11/h10-12H,3-9H2,1-2H3,(H,15,16)(H,17,18). The second-order valence-corrected chi connectivity index (χ2v) is 5.31. The Kier molecular flexibility index (Phi) is 6.84. The van der Waals surface area contributed by atoms with Gasteiger partial charge < -0.3 is 15.2 Å². The van der Waals surface area contributed by atoms with Gasteiger partial charge in [0, 0.05) is 25.7 Å². The average molecular weight is 271 g/mol. The van der Waals surface area contributed by atoms with Crippen LogP contribution in [0.2, 0.25) is 0 Å². The summed E-state index contributed by atoms with van der Waals surface area (Å²) < 4.78 is 5.28. The van der Waals surface area contributed by atoms with E-state index in [0.717, 1.165) is 32.5 Å². The monoisotopic (exact) mass is 271 g/mol. The van der Waals surface area contributed by atoms with E-state index in [4.69, 9.17) is 9.84 Å². The largest absolute Gasteiger partial charge is 0.481 e. The van der Waals surface area contributed by atoms with Gasteiger partial charge in [0.1, 0.15) is 0 Å². The first-order valence-corrected chi connectivity index (χ1v) is 7.14. The summed E-state index contributed by atoms with van der Waals surface area (Å²) in [6.45, 7) is 5.53. The van der Waals surface area contributed by atoms with Gasteiger partial charge in [-0.05, 0) is 25.2 Å². The molecule has 19 heavy (non-hydrogen) atoms. The Morgan fingerprint density at radius 3 is 2.53 bits per heavy atom. The van der Waals surface area contributed by atoms with Crippen molar-refractivity contribution < 1.29 is 19.4 Å². The number of hydrogen-bond acceptors (Lipinski definition) is 3. The van der Waals surface area contributed by atoms with Crippen LogP contribution in [0.1, 0.15) is 39.5 Å². The fraction of sp³-hybridized carbons (Fsp3) is 0.857. The quantitative estimate of drug-likeness (QED) is 0.738. The first-order chi connectivity index (χ1) is 9.06. The molecule has 1 fully saturated rings. The third-order valence-electron chi connectivity index (χ3n) is 3.90. The van der Waals surface area contributed by atoms with E-state index in [1.807, 2.05) is 13.8 Å². The van der Waals surface area contributed by atoms with Crippen molar-refractivity contribution in [1.82, 2.24) is 5.32 Å². The van der Waals surface area contributed by atoms with E-state index in [2.05, 4.69) is 5.32 Å². The highest BCUT2D eigenvalue weighted by atomic mass is 16.5. The van der Waals surface area contributed by atoms with Crippen LogP contribution in [-0.4, -0.2) is 36.7 Å². The summed E-state index contributed by atoms with van der Waals surface area (Å²) in [7, 11) is 0. The van der Waals surface area contributed by atoms with Gasteiger partial charge >= 0.3 is 5.97 Å². The Balaban J connectivity index is 2.38. The third kappa shape index (κ3) is 5.19. The van der Waals surface area contributed by atoms with Crippen LogP contribution >= 0.6 is 0 Å². The molecule has 0 aliphatic carbocycles. The van der Waals surface area contributed by atoms with Gasteiger partial charge in [-0.1, -0.05) is 20.3 Å². The molecule has 1 amide bonds. The molecular weight excluding hydrogens is 246 g/mol. The minimum absolute atomic E-state index is 0.0331. The average Bonchev–Trinajstić information content (AvgIpc) is 2.42. The van der Waals surface area contributed by atoms with Crippen molar-refractivity contribution in [2.75, 3.05) is 19.8 Å². The Bertz CT molecular complexity index is 300. The van der Waals surface area contributed by atoms with Gasteiger partial charge in [0.25, 0.3) is 0 Å². The van der Waals surface area contributed by atoms with Crippen molar-refractivity contribution in [3.8, 4) is 0 Å². The molecule has 0 saturated carbocycles. The summed E-state index contributed by atoms with van der Waals surface area (Å²) in [5, 5.41) is 11.8. The molecule has 0 aromatic heterocycles. The van der Waals surface area contributed by atoms with Crippen LogP contribution in [0.15, 0.2) is 0 Å². The smallest absolute Gasteiger partial charge is 0.308 e. The minimum Gasteiger partial charge on any atom is -0.481 e. The number of aliphatic carboxylic acids is 1. The van der Waals surface area contributed by atoms with Crippen LogP contribution < -0.4 is 5.32 Å². The second-order valence-electron chi connectivity index (χ2n) is 5.31. The van der Waals surface area contributed by atoms with E-state index in [0.29, 0.717) is 12.3 Å². The highest BCUT2D eigenvalue weighted by Crippen LogP contribution is 2.23. The summed E-state index contributed by atoms with van der Waals surface area (Å²) in [6, 6.07) is 0. The van der Waals surface area contributed by atoms with Crippen LogP contribution in [0.5, 0.6) is 0 Å². The molecule has 0 spiro atoms. The van der Waals surface area contributed by atoms with Gasteiger partial charge in [0.2, 0.25) is 5.91 Å². The highest BCUT2D eigenvalue weighted by Gasteiger charge is 2.26. The lowest BCUT2D eigenvalue weighted by molar-refractivity contribution is -0.142. The molecule has 1 aliphatic heterocycles. The van der Waals surface area contributed by atoms with Crippen molar-refractivity contribution in [1.29, 1.82) is 0 Å². The van der Waals surface area contributed by atoms with Crippen LogP contribution in [-0.2, 0) is 14.3 Å². The molecule has 0 aromatic rings. The summed E-state index contributed by atoms with van der Waals surface area (Å²) in [6.07, 6.45) is 3.22. The lowest BCUT2D eigenvalue weighted by atomic mass is 9.86. The summed E-state index contributed by atoms with van der Waals surface area (Å²) in [5.74, 6) is -1.06. The molecule has 0 aromatic carbocycles. The van der Waals surface area contributed by atoms with E-state index in [1.54, 1.807) is 0 Å². The molecule has 5 nitrogen and oxygen atoms in total. The van der Waals surface area contributed by atoms with Crippen molar-refractivity contribution >= 4 is 11.9 Å². The maximum atomic E-state index is 12.0. The molecule has 1 saturated heterocycles. The van der Waals surface area contributed by atoms with Gasteiger partial charge in [-0.2, -0.15) is 0 Å². The highest BCUT2D eigenvalue weighted by molar-refractivity contribution is 5.79. The molecule has 5 heteroatoms. The maximum Gasteiger partial charge on any atom is 0.308 e. The summed E-state index contributed by atoms with van der Waals surface area (Å²) in [4.78, 5) is 23.0. The van der Waals surface area contributed by atoms with E-state index in [-0.39, 0.29) is 18.4 Å². The van der Waals surface area contributed by atoms with Crippen LogP contribution in [0.4, 0.5) is 0 Å². The van der Waals surface area contributed by atoms with Crippen molar-refractivity contribution in [3.05, 3.63) is 0 Å². The second kappa shape index (κ2) is 8.15. The van der Waals surface area contributed by atoms with Gasteiger partial charge in [0.15, 0.2) is 0 Å². The SMILES string of the molecule is CCCC(CNC(=O)C(C)C1CCOCC1)C(=O)O. The molecule has 2 unspecified atom stereocenters.